The number of nitrogens with zero attached hydrogens (tertiary/aromatic N) is 3. The lowest BCUT2D eigenvalue weighted by atomic mass is 10.2. The van der Waals surface area contributed by atoms with Crippen LogP contribution in [-0.2, 0) is 0 Å². The number of aromatic amines is 1. The normalized spacial score (nSPS) is 9.36. The van der Waals surface area contributed by atoms with Crippen molar-refractivity contribution in [3.05, 3.63) is 36.0 Å². The summed E-state index contributed by atoms with van der Waals surface area (Å²) in [5.74, 6) is 1.02. The SMILES string of the molecule is N#Cc1ccc(Oc2cn[nH]n2)cc1. The number of ether oxygens (including phenoxy) is 1. The van der Waals surface area contributed by atoms with Gasteiger partial charge in [0.1, 0.15) is 11.9 Å². The molecule has 14 heavy (non-hydrogen) atoms. The lowest BCUT2D eigenvalue weighted by molar-refractivity contribution is 0.461. The minimum absolute atomic E-state index is 0.398. The molecule has 0 saturated heterocycles. The first-order valence-electron chi connectivity index (χ1n) is 3.92. The highest BCUT2D eigenvalue weighted by molar-refractivity contribution is 5.35. The van der Waals surface area contributed by atoms with Crippen LogP contribution < -0.4 is 4.74 Å². The van der Waals surface area contributed by atoms with Crippen molar-refractivity contribution in [2.24, 2.45) is 0 Å². The van der Waals surface area contributed by atoms with Crippen LogP contribution in [0.4, 0.5) is 0 Å². The summed E-state index contributed by atoms with van der Waals surface area (Å²) < 4.78 is 5.30. The van der Waals surface area contributed by atoms with Crippen LogP contribution in [0.25, 0.3) is 0 Å². The molecule has 0 aliphatic heterocycles. The Morgan fingerprint density at radius 1 is 1.29 bits per heavy atom. The third-order valence-corrected chi connectivity index (χ3v) is 1.60. The maximum absolute atomic E-state index is 8.57. The molecule has 0 bridgehead atoms. The van der Waals surface area contributed by atoms with E-state index >= 15 is 0 Å². The molecule has 2 rings (SSSR count). The zero-order chi connectivity index (χ0) is 9.80. The lowest BCUT2D eigenvalue weighted by Gasteiger charge is -1.99. The second-order valence-corrected chi connectivity index (χ2v) is 2.55. The molecule has 0 atom stereocenters. The van der Waals surface area contributed by atoms with Gasteiger partial charge in [0.2, 0.25) is 0 Å². The van der Waals surface area contributed by atoms with Gasteiger partial charge in [-0.3, -0.25) is 0 Å². The summed E-state index contributed by atoms with van der Waals surface area (Å²) >= 11 is 0. The van der Waals surface area contributed by atoms with Crippen molar-refractivity contribution in [2.45, 2.75) is 0 Å². The second kappa shape index (κ2) is 3.58. The van der Waals surface area contributed by atoms with Crippen molar-refractivity contribution in [3.8, 4) is 17.7 Å². The maximum Gasteiger partial charge on any atom is 0.258 e. The molecule has 5 heteroatoms. The Kier molecular flexibility index (Phi) is 2.11. The lowest BCUT2D eigenvalue weighted by Crippen LogP contribution is -1.84. The first kappa shape index (κ1) is 8.26. The van der Waals surface area contributed by atoms with Crippen LogP contribution in [0.1, 0.15) is 5.56 Å². The monoisotopic (exact) mass is 186 g/mol. The molecule has 5 nitrogen and oxygen atoms in total. The number of benzene rings is 1. The summed E-state index contributed by atoms with van der Waals surface area (Å²) in [5, 5.41) is 18.3. The van der Waals surface area contributed by atoms with Gasteiger partial charge in [0, 0.05) is 0 Å². The molecule has 1 N–H and O–H groups in total. The fraction of sp³-hybridized carbons (Fsp3) is 0. The van der Waals surface area contributed by atoms with Gasteiger partial charge in [-0.05, 0) is 24.3 Å². The fourth-order valence-corrected chi connectivity index (χ4v) is 0.959. The Hall–Kier alpha value is -2.35. The maximum atomic E-state index is 8.57. The first-order valence-corrected chi connectivity index (χ1v) is 3.92. The zero-order valence-electron chi connectivity index (χ0n) is 7.14. The largest absolute Gasteiger partial charge is 0.436 e. The third-order valence-electron chi connectivity index (χ3n) is 1.60. The number of hydrogen-bond donors (Lipinski definition) is 1. The van der Waals surface area contributed by atoms with Crippen LogP contribution in [0, 0.1) is 11.3 Å². The van der Waals surface area contributed by atoms with E-state index in [1.54, 1.807) is 24.3 Å². The predicted molar refractivity (Wildman–Crippen MR) is 47.6 cm³/mol. The molecule has 1 heterocycles. The molecule has 0 spiro atoms. The Morgan fingerprint density at radius 2 is 2.07 bits per heavy atom. The van der Waals surface area contributed by atoms with Gasteiger partial charge in [-0.25, -0.2) is 0 Å². The van der Waals surface area contributed by atoms with Crippen LogP contribution in [0.3, 0.4) is 0 Å². The molecular weight excluding hydrogens is 180 g/mol. The zero-order valence-corrected chi connectivity index (χ0v) is 7.14. The van der Waals surface area contributed by atoms with E-state index in [1.165, 1.54) is 6.20 Å². The quantitative estimate of drug-likeness (QED) is 0.770. The minimum Gasteiger partial charge on any atom is -0.436 e. The van der Waals surface area contributed by atoms with E-state index < -0.39 is 0 Å². The summed E-state index contributed by atoms with van der Waals surface area (Å²) in [6.07, 6.45) is 1.47. The van der Waals surface area contributed by atoms with Crippen LogP contribution in [-0.4, -0.2) is 15.4 Å². The van der Waals surface area contributed by atoms with Crippen molar-refractivity contribution >= 4 is 0 Å². The van der Waals surface area contributed by atoms with Gasteiger partial charge in [0.25, 0.3) is 5.88 Å². The van der Waals surface area contributed by atoms with Gasteiger partial charge < -0.3 is 4.74 Å². The Labute approximate surface area is 79.9 Å². The second-order valence-electron chi connectivity index (χ2n) is 2.55. The van der Waals surface area contributed by atoms with E-state index in [9.17, 15) is 0 Å². The van der Waals surface area contributed by atoms with Crippen molar-refractivity contribution in [3.63, 3.8) is 0 Å². The highest BCUT2D eigenvalue weighted by Gasteiger charge is 1.98. The molecular formula is C9H6N4O. The molecule has 0 unspecified atom stereocenters. The third kappa shape index (κ3) is 1.69. The molecule has 2 aromatic rings. The van der Waals surface area contributed by atoms with E-state index in [2.05, 4.69) is 15.4 Å². The van der Waals surface area contributed by atoms with Gasteiger partial charge in [-0.15, -0.1) is 5.10 Å². The van der Waals surface area contributed by atoms with E-state index in [4.69, 9.17) is 10.00 Å². The van der Waals surface area contributed by atoms with Crippen molar-refractivity contribution in [2.75, 3.05) is 0 Å². The highest BCUT2D eigenvalue weighted by atomic mass is 16.5. The van der Waals surface area contributed by atoms with Crippen molar-refractivity contribution in [1.82, 2.24) is 15.4 Å². The molecule has 68 valence electrons. The van der Waals surface area contributed by atoms with Crippen LogP contribution in [0.5, 0.6) is 11.6 Å². The first-order chi connectivity index (χ1) is 6.88. The molecule has 0 saturated carbocycles. The van der Waals surface area contributed by atoms with Gasteiger partial charge in [-0.2, -0.15) is 15.6 Å². The molecule has 0 aliphatic carbocycles. The number of nitrogens with one attached hydrogen (secondary N) is 1. The molecule has 0 fully saturated rings. The topological polar surface area (TPSA) is 74.6 Å². The predicted octanol–water partition coefficient (Wildman–Crippen LogP) is 1.47. The Balaban J connectivity index is 2.15. The molecule has 0 radical (unpaired) electrons. The summed E-state index contributed by atoms with van der Waals surface area (Å²) in [5.41, 5.74) is 0.595. The average molecular weight is 186 g/mol. The highest BCUT2D eigenvalue weighted by Crippen LogP contribution is 2.17. The molecule has 0 aliphatic rings. The van der Waals surface area contributed by atoms with Gasteiger partial charge >= 0.3 is 0 Å². The van der Waals surface area contributed by atoms with Crippen LogP contribution in [0.2, 0.25) is 0 Å². The van der Waals surface area contributed by atoms with Crippen LogP contribution >= 0.6 is 0 Å². The molecule has 0 amide bonds. The van der Waals surface area contributed by atoms with Crippen molar-refractivity contribution in [1.29, 1.82) is 5.26 Å². The van der Waals surface area contributed by atoms with Crippen LogP contribution in [0.15, 0.2) is 30.5 Å². The standard InChI is InChI=1S/C9H6N4O/c10-5-7-1-3-8(4-2-7)14-9-6-11-13-12-9/h1-4,6H,(H,11,12,13). The van der Waals surface area contributed by atoms with E-state index in [0.717, 1.165) is 0 Å². The molecule has 1 aromatic carbocycles. The Bertz CT molecular complexity index is 441. The van der Waals surface area contributed by atoms with Crippen molar-refractivity contribution < 1.29 is 4.74 Å². The number of aromatic nitrogens is 3. The van der Waals surface area contributed by atoms with Gasteiger partial charge in [-0.1, -0.05) is 0 Å². The number of nitriles is 1. The summed E-state index contributed by atoms with van der Waals surface area (Å²) in [6, 6.07) is 8.78. The smallest absolute Gasteiger partial charge is 0.258 e. The average Bonchev–Trinajstić information content (AvgIpc) is 2.72. The minimum atomic E-state index is 0.398. The van der Waals surface area contributed by atoms with E-state index in [0.29, 0.717) is 17.2 Å². The Morgan fingerprint density at radius 3 is 2.64 bits per heavy atom. The number of H-pyrrole nitrogens is 1. The van der Waals surface area contributed by atoms with Gasteiger partial charge in [0.15, 0.2) is 0 Å². The fourth-order valence-electron chi connectivity index (χ4n) is 0.959. The van der Waals surface area contributed by atoms with Gasteiger partial charge in [0.05, 0.1) is 11.6 Å². The molecule has 1 aromatic heterocycles. The summed E-state index contributed by atoms with van der Waals surface area (Å²) in [6.45, 7) is 0. The summed E-state index contributed by atoms with van der Waals surface area (Å²) in [4.78, 5) is 0. The van der Waals surface area contributed by atoms with E-state index in [1.807, 2.05) is 6.07 Å². The number of rotatable bonds is 2. The summed E-state index contributed by atoms with van der Waals surface area (Å²) in [7, 11) is 0. The number of hydrogen-bond acceptors (Lipinski definition) is 4. The van der Waals surface area contributed by atoms with E-state index in [-0.39, 0.29) is 0 Å².